The Labute approximate surface area is 180 Å². The fourth-order valence-corrected chi connectivity index (χ4v) is 2.49. The quantitative estimate of drug-likeness (QED) is 0.157. The molecule has 0 aromatic heterocycles. The van der Waals surface area contributed by atoms with Gasteiger partial charge in [-0.2, -0.15) is 5.10 Å². The number of carbonyl (C=O) groups is 1. The van der Waals surface area contributed by atoms with E-state index in [1.54, 1.807) is 36.6 Å². The van der Waals surface area contributed by atoms with E-state index in [9.17, 15) is 4.79 Å². The Balaban J connectivity index is 2.04. The molecule has 0 saturated carbocycles. The number of esters is 1. The maximum absolute atomic E-state index is 12.5. The second kappa shape index (κ2) is 11.4. The molecule has 0 bridgehead atoms. The van der Waals surface area contributed by atoms with Crippen molar-refractivity contribution in [2.75, 3.05) is 27.9 Å². The van der Waals surface area contributed by atoms with Crippen LogP contribution in [-0.2, 0) is 0 Å². The molecule has 0 spiro atoms. The third-order valence-electron chi connectivity index (χ3n) is 3.78. The maximum atomic E-state index is 12.5. The highest BCUT2D eigenvalue weighted by Gasteiger charge is 2.18. The third-order valence-corrected chi connectivity index (χ3v) is 4.01. The molecule has 0 aliphatic heterocycles. The van der Waals surface area contributed by atoms with Gasteiger partial charge in [0.2, 0.25) is 5.75 Å². The van der Waals surface area contributed by atoms with Crippen molar-refractivity contribution in [3.8, 4) is 23.0 Å². The Morgan fingerprint density at radius 3 is 2.27 bits per heavy atom. The molecule has 158 valence electrons. The topological polar surface area (TPSA) is 90.4 Å². The molecule has 0 radical (unpaired) electrons. The molecule has 2 aromatic carbocycles. The summed E-state index contributed by atoms with van der Waals surface area (Å²) in [6.07, 6.45) is 3.28. The number of hydrazone groups is 1. The van der Waals surface area contributed by atoms with Crippen LogP contribution >= 0.6 is 12.2 Å². The normalized spacial score (nSPS) is 10.2. The van der Waals surface area contributed by atoms with Gasteiger partial charge >= 0.3 is 5.97 Å². The average Bonchev–Trinajstić information content (AvgIpc) is 2.77. The lowest BCUT2D eigenvalue weighted by atomic mass is 10.2. The summed E-state index contributed by atoms with van der Waals surface area (Å²) in [5.74, 6) is 0.942. The molecule has 0 amide bonds. The minimum Gasteiger partial charge on any atom is -0.493 e. The van der Waals surface area contributed by atoms with Crippen LogP contribution in [0.3, 0.4) is 0 Å². The Bertz CT molecular complexity index is 904. The Hall–Kier alpha value is -3.59. The van der Waals surface area contributed by atoms with Gasteiger partial charge in [0.1, 0.15) is 5.75 Å². The minimum absolute atomic E-state index is 0.264. The molecule has 0 heterocycles. The van der Waals surface area contributed by atoms with E-state index in [1.807, 2.05) is 0 Å². The summed E-state index contributed by atoms with van der Waals surface area (Å²) in [6.45, 7) is 4.14. The van der Waals surface area contributed by atoms with Crippen molar-refractivity contribution in [1.29, 1.82) is 0 Å². The van der Waals surface area contributed by atoms with Gasteiger partial charge in [-0.25, -0.2) is 4.79 Å². The van der Waals surface area contributed by atoms with Crippen LogP contribution in [0.4, 0.5) is 0 Å². The summed E-state index contributed by atoms with van der Waals surface area (Å²) in [7, 11) is 4.44. The van der Waals surface area contributed by atoms with Crippen molar-refractivity contribution < 1.29 is 23.7 Å². The molecule has 0 aliphatic carbocycles. The lowest BCUT2D eigenvalue weighted by Gasteiger charge is -2.13. The van der Waals surface area contributed by atoms with Crippen LogP contribution in [0.15, 0.2) is 54.2 Å². The molecular weight excluding hydrogens is 406 g/mol. The number of nitrogens with one attached hydrogen (secondary N) is 2. The monoisotopic (exact) mass is 429 g/mol. The van der Waals surface area contributed by atoms with Crippen LogP contribution < -0.4 is 29.7 Å². The predicted molar refractivity (Wildman–Crippen MR) is 119 cm³/mol. The van der Waals surface area contributed by atoms with E-state index in [4.69, 9.17) is 31.2 Å². The van der Waals surface area contributed by atoms with Crippen molar-refractivity contribution in [2.24, 2.45) is 5.10 Å². The smallest absolute Gasteiger partial charge is 0.343 e. The van der Waals surface area contributed by atoms with E-state index in [1.165, 1.54) is 33.5 Å². The summed E-state index contributed by atoms with van der Waals surface area (Å²) in [5.41, 5.74) is 3.74. The lowest BCUT2D eigenvalue weighted by molar-refractivity contribution is 0.0734. The number of benzene rings is 2. The number of carbonyl (C=O) groups excluding carboxylic acids is 1. The number of nitrogens with zero attached hydrogens (tertiary/aromatic N) is 1. The largest absolute Gasteiger partial charge is 0.493 e. The van der Waals surface area contributed by atoms with Crippen molar-refractivity contribution in [3.05, 3.63) is 60.2 Å². The van der Waals surface area contributed by atoms with Gasteiger partial charge in [-0.15, -0.1) is 6.58 Å². The van der Waals surface area contributed by atoms with Crippen LogP contribution in [0, 0.1) is 0 Å². The van der Waals surface area contributed by atoms with Crippen molar-refractivity contribution in [2.45, 2.75) is 0 Å². The second-order valence-electron chi connectivity index (χ2n) is 5.74. The van der Waals surface area contributed by atoms with E-state index in [2.05, 4.69) is 22.4 Å². The van der Waals surface area contributed by atoms with Crippen molar-refractivity contribution in [1.82, 2.24) is 10.7 Å². The zero-order valence-electron chi connectivity index (χ0n) is 16.9. The molecule has 8 nitrogen and oxygen atoms in total. The molecule has 2 rings (SSSR count). The van der Waals surface area contributed by atoms with Gasteiger partial charge in [0, 0.05) is 6.54 Å². The van der Waals surface area contributed by atoms with E-state index < -0.39 is 5.97 Å². The van der Waals surface area contributed by atoms with Crippen LogP contribution in [0.25, 0.3) is 0 Å². The average molecular weight is 429 g/mol. The summed E-state index contributed by atoms with van der Waals surface area (Å²) < 4.78 is 21.2. The Morgan fingerprint density at radius 1 is 1.10 bits per heavy atom. The number of ether oxygens (including phenoxy) is 4. The highest BCUT2D eigenvalue weighted by Crippen LogP contribution is 2.38. The molecule has 0 aliphatic rings. The molecule has 2 N–H and O–H groups in total. The molecule has 0 fully saturated rings. The first-order valence-electron chi connectivity index (χ1n) is 8.82. The fourth-order valence-electron chi connectivity index (χ4n) is 2.36. The zero-order chi connectivity index (χ0) is 21.9. The summed E-state index contributed by atoms with van der Waals surface area (Å²) in [6, 6.07) is 9.88. The SMILES string of the molecule is C=CCNC(=S)N/N=C/c1ccc(OC(=O)c2cc(OC)c(OC)c(OC)c2)cc1. The number of hydrogen-bond acceptors (Lipinski definition) is 7. The molecule has 2 aromatic rings. The molecular formula is C21H23N3O5S. The molecule has 9 heteroatoms. The number of rotatable bonds is 9. The first-order chi connectivity index (χ1) is 14.5. The first kappa shape index (κ1) is 22.7. The van der Waals surface area contributed by atoms with E-state index in [0.717, 1.165) is 5.56 Å². The first-order valence-corrected chi connectivity index (χ1v) is 9.23. The standard InChI is InChI=1S/C21H23N3O5S/c1-5-10-22-21(30)24-23-13-14-6-8-16(9-7-14)29-20(25)15-11-17(26-2)19(28-4)18(12-15)27-3/h5-9,11-13H,1,10H2,2-4H3,(H2,22,24,30)/b23-13+. The van der Waals surface area contributed by atoms with Gasteiger partial charge in [0.05, 0.1) is 33.1 Å². The van der Waals surface area contributed by atoms with Crippen LogP contribution in [0.1, 0.15) is 15.9 Å². The van der Waals surface area contributed by atoms with Gasteiger partial charge in [-0.3, -0.25) is 5.43 Å². The Morgan fingerprint density at radius 2 is 1.73 bits per heavy atom. The summed E-state index contributed by atoms with van der Waals surface area (Å²) in [4.78, 5) is 12.5. The number of hydrogen-bond donors (Lipinski definition) is 2. The Kier molecular flexibility index (Phi) is 8.64. The van der Waals surface area contributed by atoms with Gasteiger partial charge < -0.3 is 24.3 Å². The highest BCUT2D eigenvalue weighted by molar-refractivity contribution is 7.80. The molecule has 0 saturated heterocycles. The van der Waals surface area contributed by atoms with Gasteiger partial charge in [0.15, 0.2) is 16.6 Å². The van der Waals surface area contributed by atoms with Gasteiger partial charge in [-0.1, -0.05) is 6.08 Å². The molecule has 30 heavy (non-hydrogen) atoms. The number of thiocarbonyl (C=S) groups is 1. The summed E-state index contributed by atoms with van der Waals surface area (Å²) >= 11 is 5.03. The summed E-state index contributed by atoms with van der Waals surface area (Å²) in [5, 5.41) is 7.31. The van der Waals surface area contributed by atoms with Gasteiger partial charge in [-0.05, 0) is 54.2 Å². The predicted octanol–water partition coefficient (Wildman–Crippen LogP) is 2.92. The molecule has 0 atom stereocenters. The second-order valence-corrected chi connectivity index (χ2v) is 6.15. The highest BCUT2D eigenvalue weighted by atomic mass is 32.1. The van der Waals surface area contributed by atoms with E-state index >= 15 is 0 Å². The zero-order valence-corrected chi connectivity index (χ0v) is 17.7. The van der Waals surface area contributed by atoms with Gasteiger partial charge in [0.25, 0.3) is 0 Å². The fraction of sp³-hybridized carbons (Fsp3) is 0.190. The van der Waals surface area contributed by atoms with Crippen molar-refractivity contribution in [3.63, 3.8) is 0 Å². The lowest BCUT2D eigenvalue weighted by Crippen LogP contribution is -2.31. The maximum Gasteiger partial charge on any atom is 0.343 e. The molecule has 0 unspecified atom stereocenters. The van der Waals surface area contributed by atoms with E-state index in [0.29, 0.717) is 34.7 Å². The minimum atomic E-state index is -0.559. The van der Waals surface area contributed by atoms with E-state index in [-0.39, 0.29) is 5.56 Å². The third kappa shape index (κ3) is 6.21. The van der Waals surface area contributed by atoms with Crippen LogP contribution in [-0.4, -0.2) is 45.2 Å². The van der Waals surface area contributed by atoms with Crippen LogP contribution in [0.2, 0.25) is 0 Å². The number of methoxy groups -OCH3 is 3. The van der Waals surface area contributed by atoms with Crippen molar-refractivity contribution >= 4 is 29.5 Å². The van der Waals surface area contributed by atoms with Crippen LogP contribution in [0.5, 0.6) is 23.0 Å².